The highest BCUT2D eigenvalue weighted by atomic mass is 35.5. The van der Waals surface area contributed by atoms with Crippen molar-refractivity contribution in [2.24, 2.45) is 5.10 Å². The minimum Gasteiger partial charge on any atom is -0.301 e. The van der Waals surface area contributed by atoms with Crippen LogP contribution in [0.3, 0.4) is 0 Å². The van der Waals surface area contributed by atoms with Gasteiger partial charge in [-0.15, -0.1) is 0 Å². The number of benzene rings is 2. The van der Waals surface area contributed by atoms with E-state index in [1.54, 1.807) is 5.01 Å². The molecule has 0 saturated carbocycles. The fourth-order valence-corrected chi connectivity index (χ4v) is 4.42. The van der Waals surface area contributed by atoms with E-state index in [0.717, 1.165) is 49.6 Å². The molecular weight excluding hydrogens is 396 g/mol. The number of halogens is 1. The molecule has 0 radical (unpaired) electrons. The molecule has 5 nitrogen and oxygen atoms in total. The largest absolute Gasteiger partial charge is 0.301 e. The summed E-state index contributed by atoms with van der Waals surface area (Å²) in [6, 6.07) is 16.0. The normalized spacial score (nSPS) is 20.4. The Kier molecular flexibility index (Phi) is 6.52. The van der Waals surface area contributed by atoms with E-state index in [2.05, 4.69) is 47.9 Å². The third kappa shape index (κ3) is 4.59. The highest BCUT2D eigenvalue weighted by Crippen LogP contribution is 2.34. The van der Waals surface area contributed by atoms with Crippen LogP contribution in [0.15, 0.2) is 53.6 Å². The first-order valence-electron chi connectivity index (χ1n) is 10.7. The van der Waals surface area contributed by atoms with E-state index >= 15 is 0 Å². The van der Waals surface area contributed by atoms with Gasteiger partial charge in [-0.05, 0) is 25.1 Å². The molecule has 2 aliphatic rings. The highest BCUT2D eigenvalue weighted by Gasteiger charge is 2.34. The lowest BCUT2D eigenvalue weighted by Gasteiger charge is -2.34. The van der Waals surface area contributed by atoms with Gasteiger partial charge in [-0.2, -0.15) is 5.10 Å². The summed E-state index contributed by atoms with van der Waals surface area (Å²) in [5.41, 5.74) is 4.09. The summed E-state index contributed by atoms with van der Waals surface area (Å²) in [6.45, 7) is 9.59. The lowest BCUT2D eigenvalue weighted by Crippen LogP contribution is -2.49. The van der Waals surface area contributed by atoms with Crippen LogP contribution >= 0.6 is 11.6 Å². The van der Waals surface area contributed by atoms with Crippen LogP contribution in [-0.2, 0) is 4.79 Å². The van der Waals surface area contributed by atoms with E-state index in [1.165, 1.54) is 5.56 Å². The predicted molar refractivity (Wildman–Crippen MR) is 122 cm³/mol. The van der Waals surface area contributed by atoms with E-state index in [9.17, 15) is 4.79 Å². The summed E-state index contributed by atoms with van der Waals surface area (Å²) in [7, 11) is 0. The lowest BCUT2D eigenvalue weighted by atomic mass is 9.97. The molecule has 30 heavy (non-hydrogen) atoms. The summed E-state index contributed by atoms with van der Waals surface area (Å²) in [6.07, 6.45) is 0.669. The van der Waals surface area contributed by atoms with Crippen LogP contribution in [0.4, 0.5) is 0 Å². The molecule has 0 unspecified atom stereocenters. The Morgan fingerprint density at radius 2 is 1.70 bits per heavy atom. The van der Waals surface area contributed by atoms with Crippen molar-refractivity contribution >= 4 is 23.2 Å². The molecule has 2 aliphatic heterocycles. The van der Waals surface area contributed by atoms with Gasteiger partial charge in [-0.1, -0.05) is 66.6 Å². The third-order valence-corrected chi connectivity index (χ3v) is 6.41. The fourth-order valence-electron chi connectivity index (χ4n) is 4.17. The van der Waals surface area contributed by atoms with Crippen molar-refractivity contribution in [2.45, 2.75) is 26.3 Å². The highest BCUT2D eigenvalue weighted by molar-refractivity contribution is 6.34. The van der Waals surface area contributed by atoms with Crippen LogP contribution in [0.1, 0.15) is 36.1 Å². The molecule has 1 fully saturated rings. The molecule has 2 aromatic carbocycles. The van der Waals surface area contributed by atoms with Gasteiger partial charge in [0.1, 0.15) is 0 Å². The van der Waals surface area contributed by atoms with Crippen molar-refractivity contribution in [2.75, 3.05) is 39.3 Å². The zero-order valence-electron chi connectivity index (χ0n) is 17.7. The number of carbonyl (C=O) groups is 1. The topological polar surface area (TPSA) is 39.1 Å². The average molecular weight is 425 g/mol. The van der Waals surface area contributed by atoms with Gasteiger partial charge in [0.25, 0.3) is 5.91 Å². The zero-order chi connectivity index (χ0) is 21.1. The monoisotopic (exact) mass is 424 g/mol. The SMILES string of the molecule is CCN1CCN(CC(=O)N2N=C(c3ccccc3Cl)C[C@@H]2c2ccc(C)cc2)CC1. The number of carbonyl (C=O) groups excluding carboxylic acids is 1. The van der Waals surface area contributed by atoms with Crippen molar-refractivity contribution in [1.82, 2.24) is 14.8 Å². The van der Waals surface area contributed by atoms with Crippen molar-refractivity contribution in [3.63, 3.8) is 0 Å². The minimum absolute atomic E-state index is 0.0487. The third-order valence-electron chi connectivity index (χ3n) is 6.08. The molecule has 158 valence electrons. The van der Waals surface area contributed by atoms with Crippen LogP contribution in [-0.4, -0.2) is 65.7 Å². The van der Waals surface area contributed by atoms with Gasteiger partial charge in [0.2, 0.25) is 0 Å². The molecule has 0 aliphatic carbocycles. The lowest BCUT2D eigenvalue weighted by molar-refractivity contribution is -0.134. The number of amides is 1. The zero-order valence-corrected chi connectivity index (χ0v) is 18.5. The van der Waals surface area contributed by atoms with Gasteiger partial charge < -0.3 is 4.90 Å². The van der Waals surface area contributed by atoms with E-state index < -0.39 is 0 Å². The molecule has 1 amide bonds. The number of hydrogen-bond acceptors (Lipinski definition) is 4. The summed E-state index contributed by atoms with van der Waals surface area (Å²) in [4.78, 5) is 18.0. The Morgan fingerprint density at radius 1 is 1.03 bits per heavy atom. The number of nitrogens with zero attached hydrogens (tertiary/aromatic N) is 4. The smallest absolute Gasteiger partial charge is 0.257 e. The van der Waals surface area contributed by atoms with Gasteiger partial charge in [0.05, 0.1) is 18.3 Å². The van der Waals surface area contributed by atoms with Crippen LogP contribution in [0.25, 0.3) is 0 Å². The molecule has 0 bridgehead atoms. The summed E-state index contributed by atoms with van der Waals surface area (Å²) in [5, 5.41) is 7.14. The molecule has 0 aromatic heterocycles. The number of aryl methyl sites for hydroxylation is 1. The van der Waals surface area contributed by atoms with Crippen LogP contribution < -0.4 is 0 Å². The number of likely N-dealkylation sites (N-methyl/N-ethyl adjacent to an activating group) is 1. The Bertz CT molecular complexity index is 919. The van der Waals surface area contributed by atoms with E-state index in [0.29, 0.717) is 18.0 Å². The number of rotatable bonds is 5. The average Bonchev–Trinajstić information content (AvgIpc) is 3.20. The Morgan fingerprint density at radius 3 is 2.37 bits per heavy atom. The van der Waals surface area contributed by atoms with Gasteiger partial charge in [0, 0.05) is 43.2 Å². The van der Waals surface area contributed by atoms with Gasteiger partial charge in [0.15, 0.2) is 0 Å². The summed E-state index contributed by atoms with van der Waals surface area (Å²) < 4.78 is 0. The minimum atomic E-state index is -0.0960. The second-order valence-electron chi connectivity index (χ2n) is 8.11. The molecule has 1 atom stereocenters. The first-order chi connectivity index (χ1) is 14.5. The maximum absolute atomic E-state index is 13.3. The van der Waals surface area contributed by atoms with Crippen molar-refractivity contribution in [3.8, 4) is 0 Å². The molecule has 6 heteroatoms. The Labute approximate surface area is 183 Å². The van der Waals surface area contributed by atoms with Crippen molar-refractivity contribution in [3.05, 3.63) is 70.2 Å². The number of hydrogen-bond donors (Lipinski definition) is 0. The maximum Gasteiger partial charge on any atom is 0.257 e. The maximum atomic E-state index is 13.3. The number of hydrazone groups is 1. The van der Waals surface area contributed by atoms with Crippen LogP contribution in [0.5, 0.6) is 0 Å². The van der Waals surface area contributed by atoms with Crippen LogP contribution in [0.2, 0.25) is 5.02 Å². The summed E-state index contributed by atoms with van der Waals surface area (Å²) in [5.74, 6) is 0.0487. The van der Waals surface area contributed by atoms with E-state index in [4.69, 9.17) is 16.7 Å². The molecule has 1 saturated heterocycles. The van der Waals surface area contributed by atoms with Gasteiger partial charge in [-0.3, -0.25) is 9.69 Å². The van der Waals surface area contributed by atoms with Gasteiger partial charge >= 0.3 is 0 Å². The predicted octanol–water partition coefficient (Wildman–Crippen LogP) is 3.96. The van der Waals surface area contributed by atoms with Crippen molar-refractivity contribution < 1.29 is 4.79 Å². The van der Waals surface area contributed by atoms with Crippen molar-refractivity contribution in [1.29, 1.82) is 0 Å². The molecule has 4 rings (SSSR count). The van der Waals surface area contributed by atoms with Crippen LogP contribution in [0, 0.1) is 6.92 Å². The van der Waals surface area contributed by atoms with E-state index in [1.807, 2.05) is 24.3 Å². The first kappa shape index (κ1) is 21.0. The second kappa shape index (κ2) is 9.29. The Hall–Kier alpha value is -2.21. The fraction of sp³-hybridized carbons (Fsp3) is 0.417. The van der Waals surface area contributed by atoms with Gasteiger partial charge in [-0.25, -0.2) is 5.01 Å². The molecule has 0 spiro atoms. The molecule has 0 N–H and O–H groups in total. The molecular formula is C24H29ClN4O. The molecule has 2 aromatic rings. The first-order valence-corrected chi connectivity index (χ1v) is 11.1. The Balaban J connectivity index is 1.56. The quantitative estimate of drug-likeness (QED) is 0.729. The summed E-state index contributed by atoms with van der Waals surface area (Å²) >= 11 is 6.43. The second-order valence-corrected chi connectivity index (χ2v) is 8.51. The molecule has 2 heterocycles. The standard InChI is InChI=1S/C24H29ClN4O/c1-3-27-12-14-28(15-13-27)17-24(30)29-23(19-10-8-18(2)9-11-19)16-22(26-29)20-6-4-5-7-21(20)25/h4-11,23H,3,12-17H2,1-2H3/t23-/m1/s1. The van der Waals surface area contributed by atoms with E-state index in [-0.39, 0.29) is 11.9 Å². The number of piperazine rings is 1.